The normalized spacial score (nSPS) is 11.0. The van der Waals surface area contributed by atoms with Crippen molar-refractivity contribution in [3.63, 3.8) is 0 Å². The molecule has 2 aromatic rings. The van der Waals surface area contributed by atoms with E-state index in [1.807, 2.05) is 26.0 Å². The SMILES string of the molecule is Cc1cc2c(=O)n(C)c(=O)n(C)c2cc1C. The van der Waals surface area contributed by atoms with E-state index in [4.69, 9.17) is 0 Å². The summed E-state index contributed by atoms with van der Waals surface area (Å²) in [4.78, 5) is 23.6. The predicted octanol–water partition coefficient (Wildman–Crippen LogP) is 0.854. The highest BCUT2D eigenvalue weighted by Crippen LogP contribution is 2.14. The number of hydrogen-bond donors (Lipinski definition) is 0. The van der Waals surface area contributed by atoms with Gasteiger partial charge >= 0.3 is 5.69 Å². The van der Waals surface area contributed by atoms with Crippen LogP contribution < -0.4 is 11.2 Å². The zero-order chi connectivity index (χ0) is 12.0. The molecular formula is C12H14N2O2. The molecule has 0 atom stereocenters. The molecule has 16 heavy (non-hydrogen) atoms. The Labute approximate surface area is 92.8 Å². The molecule has 1 heterocycles. The molecule has 0 spiro atoms. The van der Waals surface area contributed by atoms with Crippen molar-refractivity contribution < 1.29 is 0 Å². The number of fused-ring (bicyclic) bond motifs is 1. The Morgan fingerprint density at radius 3 is 2.12 bits per heavy atom. The lowest BCUT2D eigenvalue weighted by molar-refractivity contribution is 0.713. The van der Waals surface area contributed by atoms with E-state index in [1.165, 1.54) is 11.6 Å². The van der Waals surface area contributed by atoms with Gasteiger partial charge in [-0.3, -0.25) is 13.9 Å². The lowest BCUT2D eigenvalue weighted by Gasteiger charge is -2.09. The Morgan fingerprint density at radius 1 is 0.938 bits per heavy atom. The molecule has 0 saturated heterocycles. The quantitative estimate of drug-likeness (QED) is 0.658. The van der Waals surface area contributed by atoms with E-state index in [0.29, 0.717) is 10.9 Å². The van der Waals surface area contributed by atoms with Crippen LogP contribution in [0.15, 0.2) is 21.7 Å². The van der Waals surface area contributed by atoms with Gasteiger partial charge in [-0.25, -0.2) is 4.79 Å². The fourth-order valence-electron chi connectivity index (χ4n) is 1.85. The van der Waals surface area contributed by atoms with E-state index in [9.17, 15) is 9.59 Å². The van der Waals surface area contributed by atoms with Gasteiger partial charge in [-0.05, 0) is 37.1 Å². The van der Waals surface area contributed by atoms with Gasteiger partial charge in [-0.1, -0.05) is 0 Å². The van der Waals surface area contributed by atoms with Gasteiger partial charge in [-0.15, -0.1) is 0 Å². The molecule has 0 N–H and O–H groups in total. The maximum atomic E-state index is 11.9. The summed E-state index contributed by atoms with van der Waals surface area (Å²) in [5.41, 5.74) is 2.30. The van der Waals surface area contributed by atoms with Crippen molar-refractivity contribution in [2.75, 3.05) is 0 Å². The van der Waals surface area contributed by atoms with Gasteiger partial charge in [0.05, 0.1) is 10.9 Å². The first-order valence-electron chi connectivity index (χ1n) is 5.10. The first-order valence-corrected chi connectivity index (χ1v) is 5.10. The van der Waals surface area contributed by atoms with Gasteiger partial charge in [-0.2, -0.15) is 0 Å². The third kappa shape index (κ3) is 1.30. The van der Waals surface area contributed by atoms with E-state index in [-0.39, 0.29) is 11.2 Å². The van der Waals surface area contributed by atoms with E-state index in [2.05, 4.69) is 0 Å². The highest BCUT2D eigenvalue weighted by molar-refractivity contribution is 5.79. The number of aromatic nitrogens is 2. The van der Waals surface area contributed by atoms with Crippen molar-refractivity contribution in [1.82, 2.24) is 9.13 Å². The zero-order valence-electron chi connectivity index (χ0n) is 9.87. The second-order valence-electron chi connectivity index (χ2n) is 4.16. The molecule has 1 aromatic heterocycles. The Morgan fingerprint density at radius 2 is 1.50 bits per heavy atom. The number of hydrogen-bond acceptors (Lipinski definition) is 2. The highest BCUT2D eigenvalue weighted by Gasteiger charge is 2.09. The first kappa shape index (κ1) is 10.7. The average molecular weight is 218 g/mol. The summed E-state index contributed by atoms with van der Waals surface area (Å²) in [6, 6.07) is 3.72. The third-order valence-corrected chi connectivity index (χ3v) is 3.08. The van der Waals surface area contributed by atoms with E-state index < -0.39 is 0 Å². The van der Waals surface area contributed by atoms with Crippen LogP contribution in [0, 0.1) is 13.8 Å². The summed E-state index contributed by atoms with van der Waals surface area (Å²) < 4.78 is 2.64. The van der Waals surface area contributed by atoms with Crippen LogP contribution in [0.1, 0.15) is 11.1 Å². The van der Waals surface area contributed by atoms with Gasteiger partial charge in [0.15, 0.2) is 0 Å². The van der Waals surface area contributed by atoms with Crippen LogP contribution in [0.25, 0.3) is 10.9 Å². The second-order valence-corrected chi connectivity index (χ2v) is 4.16. The molecule has 1 aromatic carbocycles. The monoisotopic (exact) mass is 218 g/mol. The molecule has 0 aliphatic carbocycles. The van der Waals surface area contributed by atoms with Crippen LogP contribution in [0.5, 0.6) is 0 Å². The lowest BCUT2D eigenvalue weighted by atomic mass is 10.1. The number of aryl methyl sites for hydroxylation is 3. The average Bonchev–Trinajstić information content (AvgIpc) is 2.26. The first-order chi connectivity index (χ1) is 7.43. The topological polar surface area (TPSA) is 44.0 Å². The predicted molar refractivity (Wildman–Crippen MR) is 63.9 cm³/mol. The molecule has 84 valence electrons. The van der Waals surface area contributed by atoms with Crippen molar-refractivity contribution in [3.05, 3.63) is 44.1 Å². The van der Waals surface area contributed by atoms with E-state index in [1.54, 1.807) is 7.05 Å². The van der Waals surface area contributed by atoms with Crippen molar-refractivity contribution >= 4 is 10.9 Å². The van der Waals surface area contributed by atoms with Gasteiger partial charge < -0.3 is 0 Å². The number of rotatable bonds is 0. The minimum atomic E-state index is -0.291. The molecule has 0 amide bonds. The van der Waals surface area contributed by atoms with Crippen LogP contribution in [-0.4, -0.2) is 9.13 Å². The summed E-state index contributed by atoms with van der Waals surface area (Å²) in [5.74, 6) is 0. The molecule has 0 aliphatic heterocycles. The minimum absolute atomic E-state index is 0.235. The lowest BCUT2D eigenvalue weighted by Crippen LogP contribution is -2.37. The van der Waals surface area contributed by atoms with Crippen LogP contribution >= 0.6 is 0 Å². The maximum Gasteiger partial charge on any atom is 0.330 e. The standard InChI is InChI=1S/C12H14N2O2/c1-7-5-9-10(6-8(7)2)13(3)12(16)14(4)11(9)15/h5-6H,1-4H3. The minimum Gasteiger partial charge on any atom is -0.296 e. The Hall–Kier alpha value is -1.84. The van der Waals surface area contributed by atoms with Crippen molar-refractivity contribution in [1.29, 1.82) is 0 Å². The summed E-state index contributed by atoms with van der Waals surface area (Å²) in [7, 11) is 3.18. The Bertz CT molecular complexity index is 693. The highest BCUT2D eigenvalue weighted by atomic mass is 16.2. The molecule has 4 nitrogen and oxygen atoms in total. The van der Waals surface area contributed by atoms with Gasteiger partial charge in [0.25, 0.3) is 5.56 Å². The summed E-state index contributed by atoms with van der Waals surface area (Å²) in [6.45, 7) is 3.93. The molecule has 0 fully saturated rings. The molecule has 0 radical (unpaired) electrons. The third-order valence-electron chi connectivity index (χ3n) is 3.08. The second kappa shape index (κ2) is 3.33. The Kier molecular flexibility index (Phi) is 2.22. The summed E-state index contributed by atoms with van der Waals surface area (Å²) in [6.07, 6.45) is 0. The fourth-order valence-corrected chi connectivity index (χ4v) is 1.85. The zero-order valence-corrected chi connectivity index (χ0v) is 9.87. The van der Waals surface area contributed by atoms with Gasteiger partial charge in [0.2, 0.25) is 0 Å². The molecular weight excluding hydrogens is 204 g/mol. The molecule has 2 rings (SSSR count). The van der Waals surface area contributed by atoms with E-state index in [0.717, 1.165) is 15.7 Å². The van der Waals surface area contributed by atoms with Gasteiger partial charge in [0.1, 0.15) is 0 Å². The van der Waals surface area contributed by atoms with E-state index >= 15 is 0 Å². The maximum absolute atomic E-state index is 11.9. The molecule has 0 unspecified atom stereocenters. The van der Waals surface area contributed by atoms with Crippen LogP contribution in [0.3, 0.4) is 0 Å². The largest absolute Gasteiger partial charge is 0.330 e. The van der Waals surface area contributed by atoms with Crippen LogP contribution in [-0.2, 0) is 14.1 Å². The fraction of sp³-hybridized carbons (Fsp3) is 0.333. The van der Waals surface area contributed by atoms with Crippen LogP contribution in [0.4, 0.5) is 0 Å². The van der Waals surface area contributed by atoms with Crippen LogP contribution in [0.2, 0.25) is 0 Å². The Balaban J connectivity index is 3.16. The molecule has 0 saturated carbocycles. The smallest absolute Gasteiger partial charge is 0.296 e. The molecule has 0 aliphatic rings. The number of benzene rings is 1. The van der Waals surface area contributed by atoms with Gasteiger partial charge in [0, 0.05) is 14.1 Å². The van der Waals surface area contributed by atoms with Crippen molar-refractivity contribution in [3.8, 4) is 0 Å². The molecule has 4 heteroatoms. The summed E-state index contributed by atoms with van der Waals surface area (Å²) in [5, 5.41) is 0.590. The summed E-state index contributed by atoms with van der Waals surface area (Å²) >= 11 is 0. The molecule has 0 bridgehead atoms. The number of nitrogens with zero attached hydrogens (tertiary/aromatic N) is 2. The van der Waals surface area contributed by atoms with Crippen molar-refractivity contribution in [2.24, 2.45) is 14.1 Å². The van der Waals surface area contributed by atoms with Crippen molar-refractivity contribution in [2.45, 2.75) is 13.8 Å².